The molecule has 0 aliphatic rings. The standard InChI is InChI=1S/C5H3F8IO/c1-2(6,7)3(8,9)4(10,15-14)5(11,12)13/h1H3. The second kappa shape index (κ2) is 3.86. The van der Waals surface area contributed by atoms with E-state index in [2.05, 4.69) is 3.07 Å². The average Bonchev–Trinajstić information content (AvgIpc) is 1.98. The lowest BCUT2D eigenvalue weighted by atomic mass is 10.0. The lowest BCUT2D eigenvalue weighted by Crippen LogP contribution is -2.62. The highest BCUT2D eigenvalue weighted by Gasteiger charge is 2.80. The number of halogens is 9. The first kappa shape index (κ1) is 15.1. The Morgan fingerprint density at radius 1 is 0.867 bits per heavy atom. The van der Waals surface area contributed by atoms with Crippen molar-refractivity contribution in [2.75, 3.05) is 0 Å². The normalized spacial score (nSPS) is 18.8. The van der Waals surface area contributed by atoms with E-state index in [1.165, 1.54) is 0 Å². The molecule has 0 aromatic rings. The van der Waals surface area contributed by atoms with E-state index < -0.39 is 30.8 Å². The van der Waals surface area contributed by atoms with Gasteiger partial charge in [0.15, 0.2) is 0 Å². The molecule has 0 aliphatic carbocycles. The molecular weight excluding hydrogens is 355 g/mol. The maximum absolute atomic E-state index is 12.7. The second-order valence-electron chi connectivity index (χ2n) is 2.63. The fraction of sp³-hybridized carbons (Fsp3) is 1.00. The Bertz CT molecular complexity index is 232. The maximum Gasteiger partial charge on any atom is 0.456 e. The minimum atomic E-state index is -6.28. The fourth-order valence-corrected chi connectivity index (χ4v) is 1.08. The molecule has 1 nitrogen and oxygen atoms in total. The maximum atomic E-state index is 12.7. The molecule has 0 fully saturated rings. The van der Waals surface area contributed by atoms with Crippen molar-refractivity contribution in [3.8, 4) is 0 Å². The minimum absolute atomic E-state index is 0.148. The highest BCUT2D eigenvalue weighted by Crippen LogP contribution is 2.53. The molecule has 1 atom stereocenters. The molecule has 0 rings (SSSR count). The molecule has 92 valence electrons. The lowest BCUT2D eigenvalue weighted by molar-refractivity contribution is -0.400. The smallest absolute Gasteiger partial charge is 0.263 e. The van der Waals surface area contributed by atoms with Crippen LogP contribution in [0.3, 0.4) is 0 Å². The lowest BCUT2D eigenvalue weighted by Gasteiger charge is -2.35. The zero-order valence-corrected chi connectivity index (χ0v) is 8.97. The molecule has 0 spiro atoms. The number of rotatable bonds is 3. The fourth-order valence-electron chi connectivity index (χ4n) is 0.553. The van der Waals surface area contributed by atoms with Gasteiger partial charge in [-0.05, 0) is 0 Å². The first-order valence-electron chi connectivity index (χ1n) is 3.12. The molecular formula is C5H3F8IO. The van der Waals surface area contributed by atoms with Crippen molar-refractivity contribution in [3.05, 3.63) is 0 Å². The summed E-state index contributed by atoms with van der Waals surface area (Å²) in [4.78, 5) is 0. The topological polar surface area (TPSA) is 9.23 Å². The van der Waals surface area contributed by atoms with Gasteiger partial charge in [-0.3, -0.25) is 3.07 Å². The summed E-state index contributed by atoms with van der Waals surface area (Å²) in [6.07, 6.45) is -6.28. The van der Waals surface area contributed by atoms with Crippen LogP contribution in [-0.2, 0) is 3.07 Å². The molecule has 0 aliphatic heterocycles. The van der Waals surface area contributed by atoms with Crippen LogP contribution in [0.5, 0.6) is 0 Å². The molecule has 10 heteroatoms. The third-order valence-corrected chi connectivity index (χ3v) is 2.03. The van der Waals surface area contributed by atoms with Crippen molar-refractivity contribution in [1.82, 2.24) is 0 Å². The van der Waals surface area contributed by atoms with Gasteiger partial charge in [0.1, 0.15) is 23.0 Å². The van der Waals surface area contributed by atoms with Crippen molar-refractivity contribution >= 4 is 23.0 Å². The monoisotopic (exact) mass is 358 g/mol. The quantitative estimate of drug-likeness (QED) is 0.550. The zero-order valence-electron chi connectivity index (χ0n) is 6.81. The largest absolute Gasteiger partial charge is 0.456 e. The van der Waals surface area contributed by atoms with Crippen LogP contribution >= 0.6 is 23.0 Å². The first-order valence-corrected chi connectivity index (χ1v) is 4.00. The summed E-state index contributed by atoms with van der Waals surface area (Å²) in [7, 11) is 0. The van der Waals surface area contributed by atoms with Gasteiger partial charge in [-0.2, -0.15) is 35.1 Å². The summed E-state index contributed by atoms with van der Waals surface area (Å²) in [5.41, 5.74) is 0. The highest BCUT2D eigenvalue weighted by atomic mass is 127. The van der Waals surface area contributed by atoms with Crippen LogP contribution in [0.25, 0.3) is 0 Å². The van der Waals surface area contributed by atoms with Gasteiger partial charge >= 0.3 is 23.9 Å². The Kier molecular flexibility index (Phi) is 3.89. The van der Waals surface area contributed by atoms with Crippen LogP contribution < -0.4 is 0 Å². The third-order valence-electron chi connectivity index (χ3n) is 1.43. The van der Waals surface area contributed by atoms with Crippen molar-refractivity contribution in [3.63, 3.8) is 0 Å². The van der Waals surface area contributed by atoms with E-state index in [0.29, 0.717) is 0 Å². The van der Waals surface area contributed by atoms with Gasteiger partial charge in [-0.15, -0.1) is 0 Å². The van der Waals surface area contributed by atoms with Crippen molar-refractivity contribution in [1.29, 1.82) is 0 Å². The van der Waals surface area contributed by atoms with Crippen LogP contribution in [0, 0.1) is 0 Å². The van der Waals surface area contributed by atoms with Crippen LogP contribution in [0.2, 0.25) is 0 Å². The molecule has 15 heavy (non-hydrogen) atoms. The van der Waals surface area contributed by atoms with Crippen molar-refractivity contribution < 1.29 is 38.2 Å². The van der Waals surface area contributed by atoms with Gasteiger partial charge in [-0.25, -0.2) is 0 Å². The molecule has 0 N–H and O–H groups in total. The Morgan fingerprint density at radius 2 is 1.20 bits per heavy atom. The summed E-state index contributed by atoms with van der Waals surface area (Å²) in [5.74, 6) is -17.0. The van der Waals surface area contributed by atoms with E-state index >= 15 is 0 Å². The van der Waals surface area contributed by atoms with Crippen LogP contribution in [0.4, 0.5) is 35.1 Å². The van der Waals surface area contributed by atoms with E-state index in [4.69, 9.17) is 0 Å². The second-order valence-corrected chi connectivity index (χ2v) is 3.07. The Morgan fingerprint density at radius 3 is 1.27 bits per heavy atom. The molecule has 0 bridgehead atoms. The zero-order chi connectivity index (χ0) is 12.7. The number of alkyl halides is 8. The number of hydrogen-bond acceptors (Lipinski definition) is 1. The van der Waals surface area contributed by atoms with Gasteiger partial charge < -0.3 is 0 Å². The predicted octanol–water partition coefficient (Wildman–Crippen LogP) is 3.87. The third kappa shape index (κ3) is 2.29. The SMILES string of the molecule is CC(F)(F)C(F)(F)C(F)(OI)C(F)(F)F. The average molecular weight is 358 g/mol. The Balaban J connectivity index is 5.50. The molecule has 0 saturated carbocycles. The van der Waals surface area contributed by atoms with Gasteiger partial charge in [0.25, 0.3) is 0 Å². The van der Waals surface area contributed by atoms with E-state index in [1.807, 2.05) is 0 Å². The molecule has 0 radical (unpaired) electrons. The van der Waals surface area contributed by atoms with Crippen molar-refractivity contribution in [2.45, 2.75) is 30.8 Å². The summed E-state index contributed by atoms with van der Waals surface area (Å²) in [5, 5.41) is 0. The van der Waals surface area contributed by atoms with Gasteiger partial charge in [0.2, 0.25) is 0 Å². The first-order chi connectivity index (χ1) is 6.31. The van der Waals surface area contributed by atoms with Gasteiger partial charge in [0.05, 0.1) is 0 Å². The minimum Gasteiger partial charge on any atom is -0.263 e. The van der Waals surface area contributed by atoms with Crippen LogP contribution in [0.15, 0.2) is 0 Å². The molecule has 0 heterocycles. The highest BCUT2D eigenvalue weighted by molar-refractivity contribution is 14.1. The van der Waals surface area contributed by atoms with E-state index in [0.717, 1.165) is 0 Å². The Labute approximate surface area is 92.5 Å². The van der Waals surface area contributed by atoms with E-state index in [9.17, 15) is 35.1 Å². The van der Waals surface area contributed by atoms with Gasteiger partial charge in [0, 0.05) is 6.92 Å². The molecule has 1 unspecified atom stereocenters. The summed E-state index contributed by atoms with van der Waals surface area (Å²) >= 11 is 0.148. The van der Waals surface area contributed by atoms with E-state index in [1.54, 1.807) is 0 Å². The van der Waals surface area contributed by atoms with E-state index in [-0.39, 0.29) is 23.0 Å². The summed E-state index contributed by atoms with van der Waals surface area (Å²) < 4.78 is 100. The van der Waals surface area contributed by atoms with Crippen LogP contribution in [-0.4, -0.2) is 23.9 Å². The Hall–Kier alpha value is 0.130. The van der Waals surface area contributed by atoms with Crippen LogP contribution in [0.1, 0.15) is 6.92 Å². The van der Waals surface area contributed by atoms with Crippen molar-refractivity contribution in [2.24, 2.45) is 0 Å². The van der Waals surface area contributed by atoms with Gasteiger partial charge in [-0.1, -0.05) is 0 Å². The number of hydrogen-bond donors (Lipinski definition) is 0. The molecule has 0 aromatic heterocycles. The molecule has 0 amide bonds. The molecule has 0 aromatic carbocycles. The predicted molar refractivity (Wildman–Crippen MR) is 40.6 cm³/mol. The molecule has 0 saturated heterocycles. The summed E-state index contributed by atoms with van der Waals surface area (Å²) in [6, 6.07) is 0. The summed E-state index contributed by atoms with van der Waals surface area (Å²) in [6.45, 7) is -0.539.